The molecule has 0 aromatic rings. The predicted molar refractivity (Wildman–Crippen MR) is 75.9 cm³/mol. The first-order valence-corrected chi connectivity index (χ1v) is 7.48. The van der Waals surface area contributed by atoms with Crippen LogP contribution in [0.2, 0.25) is 0 Å². The van der Waals surface area contributed by atoms with E-state index in [1.807, 2.05) is 6.92 Å². The molecule has 1 saturated carbocycles. The van der Waals surface area contributed by atoms with E-state index in [1.165, 1.54) is 12.2 Å². The minimum Gasteiger partial charge on any atom is -0.460 e. The maximum absolute atomic E-state index is 11.6. The lowest BCUT2D eigenvalue weighted by atomic mass is 9.90. The van der Waals surface area contributed by atoms with E-state index in [2.05, 4.69) is 12.2 Å². The van der Waals surface area contributed by atoms with Gasteiger partial charge < -0.3 is 14.9 Å². The van der Waals surface area contributed by atoms with E-state index in [-0.39, 0.29) is 24.0 Å². The maximum Gasteiger partial charge on any atom is 0.330 e. The lowest BCUT2D eigenvalue weighted by Crippen LogP contribution is -2.21. The number of carbonyl (C=O) groups excluding carboxylic acids is 1. The van der Waals surface area contributed by atoms with E-state index in [0.29, 0.717) is 12.8 Å². The number of rotatable bonds is 0. The van der Waals surface area contributed by atoms with E-state index in [1.54, 1.807) is 0 Å². The van der Waals surface area contributed by atoms with Crippen LogP contribution in [0.15, 0.2) is 24.3 Å². The number of fused-ring (bicyclic) bond motifs is 1. The molecule has 0 aromatic heterocycles. The fourth-order valence-corrected chi connectivity index (χ4v) is 3.10. The number of hydrogen-bond acceptors (Lipinski definition) is 4. The Labute approximate surface area is 120 Å². The molecule has 2 aliphatic rings. The molecule has 4 heteroatoms. The van der Waals surface area contributed by atoms with Crippen molar-refractivity contribution in [3.63, 3.8) is 0 Å². The average Bonchev–Trinajstić information content (AvgIpc) is 2.76. The van der Waals surface area contributed by atoms with Crippen LogP contribution in [-0.2, 0) is 9.53 Å². The van der Waals surface area contributed by atoms with Crippen molar-refractivity contribution in [1.29, 1.82) is 0 Å². The summed E-state index contributed by atoms with van der Waals surface area (Å²) in [6.07, 6.45) is 9.87. The Balaban J connectivity index is 2.11. The molecule has 2 N–H and O–H groups in total. The number of hydrogen-bond donors (Lipinski definition) is 2. The van der Waals surface area contributed by atoms with Crippen LogP contribution in [-0.4, -0.2) is 34.5 Å². The van der Waals surface area contributed by atoms with Crippen molar-refractivity contribution in [1.82, 2.24) is 0 Å². The third kappa shape index (κ3) is 4.18. The zero-order chi connectivity index (χ0) is 14.5. The van der Waals surface area contributed by atoms with Crippen LogP contribution >= 0.6 is 0 Å². The van der Waals surface area contributed by atoms with Gasteiger partial charge in [0.2, 0.25) is 0 Å². The summed E-state index contributed by atoms with van der Waals surface area (Å²) in [6, 6.07) is 0. The van der Waals surface area contributed by atoms with Gasteiger partial charge in [-0.05, 0) is 56.9 Å². The molecule has 1 fully saturated rings. The number of cyclic esters (lactones) is 1. The van der Waals surface area contributed by atoms with E-state index in [9.17, 15) is 15.0 Å². The zero-order valence-corrected chi connectivity index (χ0v) is 11.9. The summed E-state index contributed by atoms with van der Waals surface area (Å²) >= 11 is 0. The Bertz CT molecular complexity index is 388. The van der Waals surface area contributed by atoms with Gasteiger partial charge in [0.15, 0.2) is 0 Å². The van der Waals surface area contributed by atoms with Gasteiger partial charge in [0, 0.05) is 6.08 Å². The van der Waals surface area contributed by atoms with Gasteiger partial charge in [-0.25, -0.2) is 4.79 Å². The Morgan fingerprint density at radius 3 is 2.85 bits per heavy atom. The fraction of sp³-hybridized carbons (Fsp3) is 0.688. The van der Waals surface area contributed by atoms with Crippen LogP contribution in [0.25, 0.3) is 0 Å². The normalized spacial score (nSPS) is 42.5. The van der Waals surface area contributed by atoms with Crippen molar-refractivity contribution in [2.24, 2.45) is 11.8 Å². The molecule has 0 saturated heterocycles. The van der Waals surface area contributed by atoms with Crippen LogP contribution in [0.5, 0.6) is 0 Å². The van der Waals surface area contributed by atoms with Gasteiger partial charge in [0.05, 0.1) is 18.3 Å². The first-order valence-electron chi connectivity index (χ1n) is 7.48. The second kappa shape index (κ2) is 7.04. The first-order chi connectivity index (χ1) is 9.56. The highest BCUT2D eigenvalue weighted by molar-refractivity contribution is 5.82. The number of aliphatic hydroxyl groups is 2. The second-order valence-corrected chi connectivity index (χ2v) is 5.91. The summed E-state index contributed by atoms with van der Waals surface area (Å²) in [6.45, 7) is 1.89. The Morgan fingerprint density at radius 2 is 2.05 bits per heavy atom. The zero-order valence-electron chi connectivity index (χ0n) is 11.9. The quantitative estimate of drug-likeness (QED) is 0.526. The van der Waals surface area contributed by atoms with Gasteiger partial charge in [0.25, 0.3) is 0 Å². The van der Waals surface area contributed by atoms with Crippen LogP contribution in [0.1, 0.15) is 39.0 Å². The summed E-state index contributed by atoms with van der Waals surface area (Å²) in [5.41, 5.74) is 0. The number of allylic oxidation sites excluding steroid dienone is 2. The van der Waals surface area contributed by atoms with Gasteiger partial charge >= 0.3 is 5.97 Å². The summed E-state index contributed by atoms with van der Waals surface area (Å²) in [7, 11) is 0. The average molecular weight is 280 g/mol. The topological polar surface area (TPSA) is 66.8 Å². The van der Waals surface area contributed by atoms with Crippen molar-refractivity contribution in [3.05, 3.63) is 24.3 Å². The van der Waals surface area contributed by atoms with Gasteiger partial charge in [-0.2, -0.15) is 0 Å². The summed E-state index contributed by atoms with van der Waals surface area (Å²) in [5, 5.41) is 20.0. The van der Waals surface area contributed by atoms with Crippen molar-refractivity contribution in [2.75, 3.05) is 0 Å². The lowest BCUT2D eigenvalue weighted by Gasteiger charge is -2.19. The predicted octanol–water partition coefficient (Wildman–Crippen LogP) is 1.96. The third-order valence-electron chi connectivity index (χ3n) is 4.19. The largest absolute Gasteiger partial charge is 0.460 e. The molecule has 20 heavy (non-hydrogen) atoms. The molecule has 4 nitrogen and oxygen atoms in total. The maximum atomic E-state index is 11.6. The van der Waals surface area contributed by atoms with Crippen LogP contribution in [0.4, 0.5) is 0 Å². The number of aliphatic hydroxyl groups excluding tert-OH is 2. The minimum absolute atomic E-state index is 0.0246. The van der Waals surface area contributed by atoms with Crippen LogP contribution in [0, 0.1) is 11.8 Å². The molecule has 1 heterocycles. The highest BCUT2D eigenvalue weighted by atomic mass is 16.5. The smallest absolute Gasteiger partial charge is 0.330 e. The van der Waals surface area contributed by atoms with Crippen LogP contribution < -0.4 is 0 Å². The molecule has 2 rings (SSSR count). The van der Waals surface area contributed by atoms with Crippen molar-refractivity contribution >= 4 is 5.97 Å². The molecule has 0 radical (unpaired) electrons. The highest BCUT2D eigenvalue weighted by Gasteiger charge is 2.35. The van der Waals surface area contributed by atoms with E-state index in [4.69, 9.17) is 4.74 Å². The molecule has 1 aliphatic heterocycles. The van der Waals surface area contributed by atoms with Gasteiger partial charge in [-0.15, -0.1) is 0 Å². The van der Waals surface area contributed by atoms with Crippen LogP contribution in [0.3, 0.4) is 0 Å². The molecule has 5 atom stereocenters. The standard InChI is InChI=1S/C16H24O4/c1-11-5-3-2-4-6-12-9-13(17)10-14(12)15(18)7-8-16(19)20-11/h4,6-8,11-15,17-18H,2-3,5,9-10H2,1H3/b6-4-,8-7-/t11-,12+,13-,14+,15+/m0/s1. The molecule has 0 bridgehead atoms. The molecule has 112 valence electrons. The first kappa shape index (κ1) is 15.3. The minimum atomic E-state index is -0.717. The van der Waals surface area contributed by atoms with Crippen molar-refractivity contribution < 1.29 is 19.7 Å². The summed E-state index contributed by atoms with van der Waals surface area (Å²) < 4.78 is 5.23. The van der Waals surface area contributed by atoms with Gasteiger partial charge in [-0.3, -0.25) is 0 Å². The number of ether oxygens (including phenoxy) is 1. The Morgan fingerprint density at radius 1 is 1.25 bits per heavy atom. The number of carbonyl (C=O) groups is 1. The van der Waals surface area contributed by atoms with Gasteiger partial charge in [0.1, 0.15) is 0 Å². The number of esters is 1. The molecule has 0 aromatic carbocycles. The third-order valence-corrected chi connectivity index (χ3v) is 4.19. The van der Waals surface area contributed by atoms with Crippen molar-refractivity contribution in [3.8, 4) is 0 Å². The fourth-order valence-electron chi connectivity index (χ4n) is 3.10. The summed E-state index contributed by atoms with van der Waals surface area (Å²) in [4.78, 5) is 11.6. The molecular weight excluding hydrogens is 256 g/mol. The van der Waals surface area contributed by atoms with Gasteiger partial charge in [-0.1, -0.05) is 12.2 Å². The van der Waals surface area contributed by atoms with E-state index in [0.717, 1.165) is 19.3 Å². The molecule has 1 aliphatic carbocycles. The molecule has 0 amide bonds. The summed E-state index contributed by atoms with van der Waals surface area (Å²) in [5.74, 6) is -0.249. The van der Waals surface area contributed by atoms with E-state index >= 15 is 0 Å². The molecular formula is C16H24O4. The lowest BCUT2D eigenvalue weighted by molar-refractivity contribution is -0.142. The Kier molecular flexibility index (Phi) is 5.38. The molecule has 0 spiro atoms. The highest BCUT2D eigenvalue weighted by Crippen LogP contribution is 2.36. The Hall–Kier alpha value is -1.13. The SMILES string of the molecule is C[C@H]1CCC/C=C\[C@@H]2C[C@H](O)C[C@H]2[C@H](O)/C=C\C(=O)O1. The van der Waals surface area contributed by atoms with E-state index < -0.39 is 12.1 Å². The second-order valence-electron chi connectivity index (χ2n) is 5.91. The van der Waals surface area contributed by atoms with Crippen molar-refractivity contribution in [2.45, 2.75) is 57.3 Å². The monoisotopic (exact) mass is 280 g/mol. The molecule has 0 unspecified atom stereocenters.